The van der Waals surface area contributed by atoms with Crippen LogP contribution in [0.25, 0.3) is 0 Å². The molecule has 0 bridgehead atoms. The van der Waals surface area contributed by atoms with Gasteiger partial charge in [-0.1, -0.05) is 32.0 Å². The number of aromatic amines is 1. The van der Waals surface area contributed by atoms with E-state index in [1.54, 1.807) is 17.0 Å². The van der Waals surface area contributed by atoms with E-state index in [9.17, 15) is 9.59 Å². The molecule has 7 nitrogen and oxygen atoms in total. The molecule has 7 heteroatoms. The summed E-state index contributed by atoms with van der Waals surface area (Å²) in [7, 11) is 0. The van der Waals surface area contributed by atoms with Crippen molar-refractivity contribution in [2.24, 2.45) is 5.73 Å². The number of benzene rings is 1. The largest absolute Gasteiger partial charge is 0.347 e. The van der Waals surface area contributed by atoms with Gasteiger partial charge in [0, 0.05) is 18.2 Å². The zero-order chi connectivity index (χ0) is 18.7. The van der Waals surface area contributed by atoms with Crippen molar-refractivity contribution in [3.63, 3.8) is 0 Å². The van der Waals surface area contributed by atoms with Gasteiger partial charge in [0.1, 0.15) is 0 Å². The van der Waals surface area contributed by atoms with E-state index in [-0.39, 0.29) is 30.4 Å². The molecule has 4 N–H and O–H groups in total. The Kier molecular flexibility index (Phi) is 5.37. The molecule has 0 aliphatic carbocycles. The summed E-state index contributed by atoms with van der Waals surface area (Å²) in [6, 6.07) is 10.8. The maximum Gasteiger partial charge on any atom is 0.251 e. The van der Waals surface area contributed by atoms with E-state index in [1.807, 2.05) is 24.3 Å². The first kappa shape index (κ1) is 18.1. The summed E-state index contributed by atoms with van der Waals surface area (Å²) in [5.74, 6) is 0.0321. The van der Waals surface area contributed by atoms with Crippen molar-refractivity contribution in [1.82, 2.24) is 20.4 Å². The van der Waals surface area contributed by atoms with Crippen molar-refractivity contribution in [3.8, 4) is 0 Å². The number of amides is 2. The second-order valence-corrected chi connectivity index (χ2v) is 6.94. The van der Waals surface area contributed by atoms with Crippen LogP contribution in [0.2, 0.25) is 0 Å². The predicted octanol–water partition coefficient (Wildman–Crippen LogP) is 1.56. The zero-order valence-corrected chi connectivity index (χ0v) is 15.1. The van der Waals surface area contributed by atoms with Crippen LogP contribution < -0.4 is 11.1 Å². The van der Waals surface area contributed by atoms with Crippen LogP contribution in [-0.2, 0) is 4.79 Å². The second kappa shape index (κ2) is 7.70. The minimum absolute atomic E-state index is 0.0545. The summed E-state index contributed by atoms with van der Waals surface area (Å²) < 4.78 is 0. The summed E-state index contributed by atoms with van der Waals surface area (Å²) in [6.45, 7) is 4.52. The fourth-order valence-corrected chi connectivity index (χ4v) is 3.31. The topological polar surface area (TPSA) is 104 Å². The van der Waals surface area contributed by atoms with Crippen molar-refractivity contribution >= 4 is 11.8 Å². The summed E-state index contributed by atoms with van der Waals surface area (Å²) in [5, 5.41) is 10.4. The number of nitrogens with zero attached hydrogens (tertiary/aromatic N) is 2. The quantitative estimate of drug-likeness (QED) is 0.757. The molecular weight excluding hydrogens is 330 g/mol. The van der Waals surface area contributed by atoms with Crippen LogP contribution >= 0.6 is 0 Å². The molecule has 1 aliphatic rings. The van der Waals surface area contributed by atoms with E-state index in [0.29, 0.717) is 24.4 Å². The van der Waals surface area contributed by atoms with Crippen LogP contribution in [0.15, 0.2) is 36.4 Å². The highest BCUT2D eigenvalue weighted by molar-refractivity contribution is 5.94. The van der Waals surface area contributed by atoms with E-state index in [0.717, 1.165) is 11.4 Å². The van der Waals surface area contributed by atoms with E-state index in [2.05, 4.69) is 29.4 Å². The summed E-state index contributed by atoms with van der Waals surface area (Å²) in [4.78, 5) is 26.4. The molecule has 2 aromatic rings. The maximum absolute atomic E-state index is 12.4. The molecule has 3 rings (SSSR count). The third-order valence-electron chi connectivity index (χ3n) is 4.74. The smallest absolute Gasteiger partial charge is 0.251 e. The molecular formula is C19H25N5O2. The van der Waals surface area contributed by atoms with Gasteiger partial charge in [-0.3, -0.25) is 14.7 Å². The third-order valence-corrected chi connectivity index (χ3v) is 4.74. The first-order chi connectivity index (χ1) is 12.5. The minimum Gasteiger partial charge on any atom is -0.347 e. The van der Waals surface area contributed by atoms with Crippen LogP contribution in [0.5, 0.6) is 0 Å². The lowest BCUT2D eigenvalue weighted by Crippen LogP contribution is -2.40. The summed E-state index contributed by atoms with van der Waals surface area (Å²) in [5.41, 5.74) is 8.02. The average Bonchev–Trinajstić information content (AvgIpc) is 3.28. The molecule has 1 aliphatic heterocycles. The number of nitrogens with two attached hydrogens (primary N) is 1. The Morgan fingerprint density at radius 3 is 2.69 bits per heavy atom. The van der Waals surface area contributed by atoms with Crippen LogP contribution in [0.4, 0.5) is 0 Å². The van der Waals surface area contributed by atoms with E-state index >= 15 is 0 Å². The minimum atomic E-state index is -0.160. The molecule has 1 saturated heterocycles. The van der Waals surface area contributed by atoms with Gasteiger partial charge >= 0.3 is 0 Å². The highest BCUT2D eigenvalue weighted by Crippen LogP contribution is 2.32. The number of hydrogen-bond donors (Lipinski definition) is 3. The van der Waals surface area contributed by atoms with Crippen molar-refractivity contribution < 1.29 is 9.59 Å². The van der Waals surface area contributed by atoms with Gasteiger partial charge in [-0.15, -0.1) is 0 Å². The fraction of sp³-hybridized carbons (Fsp3) is 0.421. The molecule has 0 radical (unpaired) electrons. The maximum atomic E-state index is 12.4. The van der Waals surface area contributed by atoms with Crippen molar-refractivity contribution in [2.45, 2.75) is 38.3 Å². The Morgan fingerprint density at radius 1 is 1.35 bits per heavy atom. The molecule has 2 amide bonds. The Bertz CT molecular complexity index is 771. The molecule has 2 heterocycles. The van der Waals surface area contributed by atoms with Crippen molar-refractivity contribution in [2.75, 3.05) is 13.1 Å². The number of carbonyl (C=O) groups is 2. The molecule has 1 aromatic heterocycles. The van der Waals surface area contributed by atoms with Gasteiger partial charge in [0.05, 0.1) is 24.0 Å². The number of aromatic nitrogens is 2. The summed E-state index contributed by atoms with van der Waals surface area (Å²) >= 11 is 0. The van der Waals surface area contributed by atoms with Gasteiger partial charge in [-0.05, 0) is 30.5 Å². The molecule has 1 fully saturated rings. The van der Waals surface area contributed by atoms with Gasteiger partial charge in [-0.2, -0.15) is 5.10 Å². The monoisotopic (exact) mass is 355 g/mol. The molecule has 26 heavy (non-hydrogen) atoms. The van der Waals surface area contributed by atoms with Crippen LogP contribution in [0, 0.1) is 0 Å². The van der Waals surface area contributed by atoms with Gasteiger partial charge in [0.15, 0.2) is 0 Å². The van der Waals surface area contributed by atoms with E-state index in [4.69, 9.17) is 5.73 Å². The Hall–Kier alpha value is -2.67. The lowest BCUT2D eigenvalue weighted by Gasteiger charge is -2.22. The number of likely N-dealkylation sites (tertiary alicyclic amines) is 1. The fourth-order valence-electron chi connectivity index (χ4n) is 3.31. The second-order valence-electron chi connectivity index (χ2n) is 6.94. The highest BCUT2D eigenvalue weighted by atomic mass is 16.2. The molecule has 2 atom stereocenters. The number of rotatable bonds is 5. The molecule has 0 spiro atoms. The Labute approximate surface area is 153 Å². The Balaban J connectivity index is 1.76. The van der Waals surface area contributed by atoms with Crippen LogP contribution in [0.3, 0.4) is 0 Å². The predicted molar refractivity (Wildman–Crippen MR) is 98.5 cm³/mol. The standard InChI is InChI=1S/C19H25N5O2/c1-12(2)15-9-16(23-22-15)17-8-14(11-24(17)18(25)10-20)21-19(26)13-6-4-3-5-7-13/h3-7,9,12,14,17H,8,10-11,20H2,1-2H3,(H,21,26)(H,22,23)/t14-,17+/m1/s1. The normalized spacial score (nSPS) is 19.8. The SMILES string of the molecule is CC(C)c1cc([C@@H]2C[C@@H](NC(=O)c3ccccc3)CN2C(=O)CN)[nH]n1. The van der Waals surface area contributed by atoms with E-state index < -0.39 is 0 Å². The highest BCUT2D eigenvalue weighted by Gasteiger charge is 2.37. The van der Waals surface area contributed by atoms with Gasteiger partial charge in [0.2, 0.25) is 5.91 Å². The number of carbonyl (C=O) groups excluding carboxylic acids is 2. The lowest BCUT2D eigenvalue weighted by atomic mass is 10.1. The first-order valence-electron chi connectivity index (χ1n) is 8.90. The van der Waals surface area contributed by atoms with Gasteiger partial charge < -0.3 is 16.0 Å². The van der Waals surface area contributed by atoms with Crippen molar-refractivity contribution in [1.29, 1.82) is 0 Å². The van der Waals surface area contributed by atoms with Crippen LogP contribution in [-0.4, -0.2) is 46.0 Å². The first-order valence-corrected chi connectivity index (χ1v) is 8.90. The third kappa shape index (κ3) is 3.77. The zero-order valence-electron chi connectivity index (χ0n) is 15.1. The number of nitrogens with one attached hydrogen (secondary N) is 2. The average molecular weight is 355 g/mol. The van der Waals surface area contributed by atoms with Gasteiger partial charge in [-0.25, -0.2) is 0 Å². The molecule has 0 saturated carbocycles. The Morgan fingerprint density at radius 2 is 2.08 bits per heavy atom. The molecule has 0 unspecified atom stereocenters. The number of hydrogen-bond acceptors (Lipinski definition) is 4. The van der Waals surface area contributed by atoms with Crippen molar-refractivity contribution in [3.05, 3.63) is 53.3 Å². The van der Waals surface area contributed by atoms with Gasteiger partial charge in [0.25, 0.3) is 5.91 Å². The van der Waals surface area contributed by atoms with Crippen LogP contribution in [0.1, 0.15) is 54.0 Å². The number of H-pyrrole nitrogens is 1. The lowest BCUT2D eigenvalue weighted by molar-refractivity contribution is -0.130. The molecule has 138 valence electrons. The van der Waals surface area contributed by atoms with E-state index in [1.165, 1.54) is 0 Å². The molecule has 1 aromatic carbocycles. The summed E-state index contributed by atoms with van der Waals surface area (Å²) in [6.07, 6.45) is 0.629.